The molecule has 0 aliphatic heterocycles. The number of hydrogen-bond acceptors (Lipinski definition) is 3. The van der Waals surface area contributed by atoms with Gasteiger partial charge in [0.05, 0.1) is 16.8 Å². The summed E-state index contributed by atoms with van der Waals surface area (Å²) in [4.78, 5) is 15.4. The zero-order chi connectivity index (χ0) is 11.6. The minimum Gasteiger partial charge on any atom is -0.300 e. The molecule has 3 nitrogen and oxygen atoms in total. The second-order valence-corrected chi connectivity index (χ2v) is 4.47. The van der Waals surface area contributed by atoms with E-state index < -0.39 is 5.41 Å². The second-order valence-electron chi connectivity index (χ2n) is 4.07. The van der Waals surface area contributed by atoms with E-state index in [1.54, 1.807) is 18.3 Å². The summed E-state index contributed by atoms with van der Waals surface area (Å²) < 4.78 is 0. The van der Waals surface area contributed by atoms with Crippen LogP contribution in [0.2, 0.25) is 5.02 Å². The monoisotopic (exact) mass is 234 g/mol. The van der Waals surface area contributed by atoms with Crippen molar-refractivity contribution in [1.82, 2.24) is 4.98 Å². The van der Waals surface area contributed by atoms with Crippen molar-refractivity contribution in [3.8, 4) is 6.07 Å². The van der Waals surface area contributed by atoms with Crippen LogP contribution in [-0.4, -0.2) is 10.8 Å². The summed E-state index contributed by atoms with van der Waals surface area (Å²) in [6.07, 6.45) is 3.58. The second kappa shape index (κ2) is 4.23. The molecule has 1 aliphatic rings. The van der Waals surface area contributed by atoms with Crippen molar-refractivity contribution >= 4 is 17.4 Å². The van der Waals surface area contributed by atoms with Gasteiger partial charge in [0.1, 0.15) is 11.2 Å². The molecule has 1 aromatic rings. The Morgan fingerprint density at radius 1 is 1.44 bits per heavy atom. The van der Waals surface area contributed by atoms with Gasteiger partial charge in [-0.3, -0.25) is 9.78 Å². The lowest BCUT2D eigenvalue weighted by atomic mass is 9.72. The summed E-state index contributed by atoms with van der Waals surface area (Å²) in [6.45, 7) is 0. The van der Waals surface area contributed by atoms with Crippen molar-refractivity contribution < 1.29 is 4.79 Å². The molecule has 1 aliphatic carbocycles. The number of ketones is 1. The van der Waals surface area contributed by atoms with Crippen LogP contribution in [0.3, 0.4) is 0 Å². The summed E-state index contributed by atoms with van der Waals surface area (Å²) in [6, 6.07) is 5.77. The van der Waals surface area contributed by atoms with E-state index in [0.29, 0.717) is 36.4 Å². The summed E-state index contributed by atoms with van der Waals surface area (Å²) in [5, 5.41) is 9.86. The quantitative estimate of drug-likeness (QED) is 0.751. The lowest BCUT2D eigenvalue weighted by Crippen LogP contribution is -2.31. The molecule has 0 bridgehead atoms. The Bertz CT molecular complexity index is 454. The van der Waals surface area contributed by atoms with Gasteiger partial charge in [-0.05, 0) is 25.0 Å². The summed E-state index contributed by atoms with van der Waals surface area (Å²) in [5.41, 5.74) is -0.0571. The number of Topliss-reactive ketones (excluding diaryl/α,β-unsaturated/α-hetero) is 1. The Morgan fingerprint density at radius 2 is 2.12 bits per heavy atom. The smallest absolute Gasteiger partial charge is 0.133 e. The first-order chi connectivity index (χ1) is 7.68. The van der Waals surface area contributed by atoms with Crippen molar-refractivity contribution in [2.45, 2.75) is 31.1 Å². The Morgan fingerprint density at radius 3 is 2.69 bits per heavy atom. The highest BCUT2D eigenvalue weighted by molar-refractivity contribution is 6.31. The van der Waals surface area contributed by atoms with Gasteiger partial charge in [-0.1, -0.05) is 11.6 Å². The van der Waals surface area contributed by atoms with Crippen LogP contribution in [0.5, 0.6) is 0 Å². The fourth-order valence-corrected chi connectivity index (χ4v) is 2.40. The number of nitrogens with zero attached hydrogens (tertiary/aromatic N) is 2. The number of carbonyl (C=O) groups excluding carboxylic acids is 1. The van der Waals surface area contributed by atoms with Gasteiger partial charge < -0.3 is 0 Å². The normalized spacial score (nSPS) is 19.1. The van der Waals surface area contributed by atoms with E-state index in [1.165, 1.54) is 0 Å². The maximum absolute atomic E-state index is 11.2. The van der Waals surface area contributed by atoms with Gasteiger partial charge in [0, 0.05) is 19.0 Å². The minimum absolute atomic E-state index is 0.220. The molecule has 16 heavy (non-hydrogen) atoms. The highest BCUT2D eigenvalue weighted by Gasteiger charge is 2.39. The number of hydrogen-bond donors (Lipinski definition) is 0. The first-order valence-electron chi connectivity index (χ1n) is 5.22. The van der Waals surface area contributed by atoms with Crippen molar-refractivity contribution in [2.75, 3.05) is 0 Å². The summed E-state index contributed by atoms with van der Waals surface area (Å²) in [7, 11) is 0. The molecule has 0 radical (unpaired) electrons. The van der Waals surface area contributed by atoms with E-state index in [2.05, 4.69) is 11.1 Å². The van der Waals surface area contributed by atoms with Gasteiger partial charge in [-0.15, -0.1) is 0 Å². The van der Waals surface area contributed by atoms with Crippen molar-refractivity contribution in [3.63, 3.8) is 0 Å². The summed E-state index contributed by atoms with van der Waals surface area (Å²) >= 11 is 6.06. The number of aromatic nitrogens is 1. The highest BCUT2D eigenvalue weighted by Crippen LogP contribution is 2.39. The SMILES string of the molecule is N#CC1(c2ncccc2Cl)CCC(=O)CC1. The molecule has 0 saturated heterocycles. The van der Waals surface area contributed by atoms with Crippen LogP contribution < -0.4 is 0 Å². The summed E-state index contributed by atoms with van der Waals surface area (Å²) in [5.74, 6) is 0.220. The lowest BCUT2D eigenvalue weighted by Gasteiger charge is -2.29. The Balaban J connectivity index is 2.40. The molecule has 0 unspecified atom stereocenters. The van der Waals surface area contributed by atoms with Gasteiger partial charge in [0.25, 0.3) is 0 Å². The Hall–Kier alpha value is -1.40. The van der Waals surface area contributed by atoms with Crippen LogP contribution in [0.4, 0.5) is 0 Å². The number of pyridine rings is 1. The predicted octanol–water partition coefficient (Wildman–Crippen LogP) is 2.64. The lowest BCUT2D eigenvalue weighted by molar-refractivity contribution is -0.121. The van der Waals surface area contributed by atoms with E-state index >= 15 is 0 Å². The van der Waals surface area contributed by atoms with Crippen LogP contribution in [0, 0.1) is 11.3 Å². The van der Waals surface area contributed by atoms with Crippen LogP contribution in [0.25, 0.3) is 0 Å². The third-order valence-electron chi connectivity index (χ3n) is 3.09. The molecule has 0 aromatic carbocycles. The maximum Gasteiger partial charge on any atom is 0.133 e. The molecule has 1 fully saturated rings. The Kier molecular flexibility index (Phi) is 2.93. The van der Waals surface area contributed by atoms with Crippen LogP contribution >= 0.6 is 11.6 Å². The average Bonchev–Trinajstić information content (AvgIpc) is 2.32. The van der Waals surface area contributed by atoms with Gasteiger partial charge in [0.15, 0.2) is 0 Å². The van der Waals surface area contributed by atoms with Crippen LogP contribution in [-0.2, 0) is 10.2 Å². The van der Waals surface area contributed by atoms with Gasteiger partial charge in [-0.25, -0.2) is 0 Å². The molecule has 0 amide bonds. The number of nitriles is 1. The fraction of sp³-hybridized carbons (Fsp3) is 0.417. The van der Waals surface area contributed by atoms with Gasteiger partial charge in [0.2, 0.25) is 0 Å². The molecule has 0 spiro atoms. The van der Waals surface area contributed by atoms with E-state index in [-0.39, 0.29) is 5.78 Å². The average molecular weight is 235 g/mol. The standard InChI is InChI=1S/C12H11ClN2O/c13-10-2-1-7-15-11(10)12(8-14)5-3-9(16)4-6-12/h1-2,7H,3-6H2. The topological polar surface area (TPSA) is 53.8 Å². The third-order valence-corrected chi connectivity index (χ3v) is 3.39. The molecule has 2 rings (SSSR count). The molecule has 0 atom stereocenters. The zero-order valence-corrected chi connectivity index (χ0v) is 9.50. The molecule has 1 aromatic heterocycles. The largest absolute Gasteiger partial charge is 0.300 e. The molecule has 1 saturated carbocycles. The van der Waals surface area contributed by atoms with Crippen LogP contribution in [0.1, 0.15) is 31.4 Å². The van der Waals surface area contributed by atoms with Crippen molar-refractivity contribution in [2.24, 2.45) is 0 Å². The number of halogens is 1. The fourth-order valence-electron chi connectivity index (χ4n) is 2.10. The van der Waals surface area contributed by atoms with E-state index in [9.17, 15) is 10.1 Å². The van der Waals surface area contributed by atoms with Gasteiger partial charge >= 0.3 is 0 Å². The van der Waals surface area contributed by atoms with E-state index in [1.807, 2.05) is 0 Å². The maximum atomic E-state index is 11.2. The van der Waals surface area contributed by atoms with Crippen molar-refractivity contribution in [1.29, 1.82) is 5.26 Å². The molecule has 1 heterocycles. The molecule has 0 N–H and O–H groups in total. The highest BCUT2D eigenvalue weighted by atomic mass is 35.5. The van der Waals surface area contributed by atoms with Crippen molar-refractivity contribution in [3.05, 3.63) is 29.0 Å². The van der Waals surface area contributed by atoms with E-state index in [4.69, 9.17) is 11.6 Å². The molecular weight excluding hydrogens is 224 g/mol. The van der Waals surface area contributed by atoms with Gasteiger partial charge in [-0.2, -0.15) is 5.26 Å². The number of carbonyl (C=O) groups is 1. The molecular formula is C12H11ClN2O. The first kappa shape index (κ1) is 11.1. The molecule has 82 valence electrons. The third kappa shape index (κ3) is 1.81. The zero-order valence-electron chi connectivity index (χ0n) is 8.74. The Labute approximate surface area is 99.1 Å². The minimum atomic E-state index is -0.674. The van der Waals surface area contributed by atoms with E-state index in [0.717, 1.165) is 0 Å². The predicted molar refractivity (Wildman–Crippen MR) is 60.0 cm³/mol. The molecule has 4 heteroatoms. The number of rotatable bonds is 1. The van der Waals surface area contributed by atoms with Crippen LogP contribution in [0.15, 0.2) is 18.3 Å². The first-order valence-corrected chi connectivity index (χ1v) is 5.60.